The number of hydrogen-bond donors (Lipinski definition) is 2. The van der Waals surface area contributed by atoms with Gasteiger partial charge < -0.3 is 11.1 Å². The molecule has 3 N–H and O–H groups in total. The minimum atomic E-state index is -0.0551. The van der Waals surface area contributed by atoms with E-state index in [-0.39, 0.29) is 10.7 Å². The molecular weight excluding hydrogens is 256 g/mol. The lowest BCUT2D eigenvalue weighted by molar-refractivity contribution is 0.0951. The third-order valence-corrected chi connectivity index (χ3v) is 3.96. The van der Waals surface area contributed by atoms with Crippen molar-refractivity contribution in [2.24, 2.45) is 5.73 Å². The molecule has 1 aromatic carbocycles. The Balaban J connectivity index is 2.63. The Morgan fingerprint density at radius 3 is 2.53 bits per heavy atom. The van der Waals surface area contributed by atoms with Crippen LogP contribution in [-0.2, 0) is 0 Å². The Kier molecular flexibility index (Phi) is 5.94. The highest BCUT2D eigenvalue weighted by Gasteiger charge is 2.17. The number of nitrogens with one attached hydrogen (secondary N) is 1. The summed E-state index contributed by atoms with van der Waals surface area (Å²) in [5, 5.41) is 2.94. The highest BCUT2D eigenvalue weighted by Crippen LogP contribution is 2.19. The quantitative estimate of drug-likeness (QED) is 0.826. The van der Waals surface area contributed by atoms with Crippen LogP contribution < -0.4 is 11.1 Å². The minimum absolute atomic E-state index is 0.0439. The third-order valence-electron chi connectivity index (χ3n) is 2.71. The number of rotatable bonds is 4. The van der Waals surface area contributed by atoms with Crippen molar-refractivity contribution >= 4 is 17.7 Å². The van der Waals surface area contributed by atoms with E-state index in [0.29, 0.717) is 18.7 Å². The summed E-state index contributed by atoms with van der Waals surface area (Å²) in [5.74, 6) is 5.65. The van der Waals surface area contributed by atoms with E-state index in [4.69, 9.17) is 5.73 Å². The summed E-state index contributed by atoms with van der Waals surface area (Å²) >= 11 is 1.73. The highest BCUT2D eigenvalue weighted by molar-refractivity contribution is 7.99. The van der Waals surface area contributed by atoms with Crippen LogP contribution in [0.5, 0.6) is 0 Å². The van der Waals surface area contributed by atoms with Crippen LogP contribution in [0.3, 0.4) is 0 Å². The van der Waals surface area contributed by atoms with Crippen molar-refractivity contribution in [1.82, 2.24) is 5.32 Å². The second kappa shape index (κ2) is 7.22. The van der Waals surface area contributed by atoms with Crippen LogP contribution in [0.2, 0.25) is 0 Å². The average Bonchev–Trinajstić information content (AvgIpc) is 2.43. The van der Waals surface area contributed by atoms with E-state index >= 15 is 0 Å². The molecule has 0 spiro atoms. The molecule has 102 valence electrons. The minimum Gasteiger partial charge on any atom is -0.351 e. The summed E-state index contributed by atoms with van der Waals surface area (Å²) in [6, 6.07) is 7.22. The zero-order valence-corrected chi connectivity index (χ0v) is 12.4. The molecule has 3 nitrogen and oxygen atoms in total. The van der Waals surface area contributed by atoms with Crippen LogP contribution in [0.15, 0.2) is 24.3 Å². The van der Waals surface area contributed by atoms with Crippen LogP contribution in [0.4, 0.5) is 0 Å². The van der Waals surface area contributed by atoms with E-state index in [2.05, 4.69) is 31.0 Å². The zero-order valence-electron chi connectivity index (χ0n) is 11.6. The molecule has 0 aliphatic rings. The van der Waals surface area contributed by atoms with Gasteiger partial charge in [0.2, 0.25) is 0 Å². The summed E-state index contributed by atoms with van der Waals surface area (Å²) < 4.78 is 0.0439. The Morgan fingerprint density at radius 2 is 2.00 bits per heavy atom. The van der Waals surface area contributed by atoms with Crippen molar-refractivity contribution in [2.75, 3.05) is 19.3 Å². The van der Waals surface area contributed by atoms with E-state index in [1.807, 2.05) is 18.4 Å². The van der Waals surface area contributed by atoms with Crippen molar-refractivity contribution in [3.63, 3.8) is 0 Å². The predicted molar refractivity (Wildman–Crippen MR) is 82.3 cm³/mol. The standard InChI is InChI=1S/C15H20N2OS/c1-15(2,19-3)11-17-14(18)13-8-6-12(7-9-13)5-4-10-16/h6-9H,10-11,16H2,1-3H3,(H,17,18). The normalized spacial score (nSPS) is 10.5. The number of thioether (sulfide) groups is 1. The summed E-state index contributed by atoms with van der Waals surface area (Å²) in [4.78, 5) is 12.0. The molecule has 0 radical (unpaired) electrons. The van der Waals surface area contributed by atoms with Crippen molar-refractivity contribution in [3.05, 3.63) is 35.4 Å². The Labute approximate surface area is 119 Å². The molecule has 0 saturated carbocycles. The van der Waals surface area contributed by atoms with E-state index in [0.717, 1.165) is 5.56 Å². The molecule has 19 heavy (non-hydrogen) atoms. The Morgan fingerprint density at radius 1 is 1.37 bits per heavy atom. The maximum absolute atomic E-state index is 12.0. The third kappa shape index (κ3) is 5.37. The van der Waals surface area contributed by atoms with Gasteiger partial charge in [0.15, 0.2) is 0 Å². The number of amides is 1. The fourth-order valence-electron chi connectivity index (χ4n) is 1.33. The lowest BCUT2D eigenvalue weighted by Crippen LogP contribution is -2.36. The number of benzene rings is 1. The van der Waals surface area contributed by atoms with Gasteiger partial charge in [0.05, 0.1) is 6.54 Å². The molecule has 4 heteroatoms. The maximum atomic E-state index is 12.0. The second-order valence-corrected chi connectivity index (χ2v) is 6.24. The molecular formula is C15H20N2OS. The van der Waals surface area contributed by atoms with Crippen LogP contribution in [0, 0.1) is 11.8 Å². The van der Waals surface area contributed by atoms with Crippen LogP contribution >= 0.6 is 11.8 Å². The lowest BCUT2D eigenvalue weighted by atomic mass is 10.1. The SMILES string of the molecule is CSC(C)(C)CNC(=O)c1ccc(C#CCN)cc1. The lowest BCUT2D eigenvalue weighted by Gasteiger charge is -2.22. The molecule has 0 fully saturated rings. The zero-order chi connectivity index (χ0) is 14.3. The molecule has 0 saturated heterocycles. The van der Waals surface area contributed by atoms with Crippen molar-refractivity contribution in [3.8, 4) is 11.8 Å². The van der Waals surface area contributed by atoms with E-state index in [1.165, 1.54) is 0 Å². The molecule has 0 atom stereocenters. The van der Waals surface area contributed by atoms with Crippen molar-refractivity contribution in [2.45, 2.75) is 18.6 Å². The molecule has 0 aliphatic heterocycles. The Hall–Kier alpha value is -1.44. The molecule has 0 unspecified atom stereocenters. The summed E-state index contributed by atoms with van der Waals surface area (Å²) in [7, 11) is 0. The number of carbonyl (C=O) groups excluding carboxylic acids is 1. The van der Waals surface area contributed by atoms with Gasteiger partial charge in [-0.25, -0.2) is 0 Å². The van der Waals surface area contributed by atoms with Gasteiger partial charge in [-0.05, 0) is 44.4 Å². The summed E-state index contributed by atoms with van der Waals surface area (Å²) in [6.45, 7) is 5.18. The molecule has 0 bridgehead atoms. The molecule has 1 rings (SSSR count). The fraction of sp³-hybridized carbons (Fsp3) is 0.400. The molecule has 1 aromatic rings. The van der Waals surface area contributed by atoms with Crippen LogP contribution in [0.1, 0.15) is 29.8 Å². The van der Waals surface area contributed by atoms with Gasteiger partial charge in [0.25, 0.3) is 5.91 Å². The summed E-state index contributed by atoms with van der Waals surface area (Å²) in [5.41, 5.74) is 6.82. The molecule has 1 amide bonds. The number of hydrogen-bond acceptors (Lipinski definition) is 3. The van der Waals surface area contributed by atoms with E-state index in [1.54, 1.807) is 23.9 Å². The first-order valence-corrected chi connectivity index (χ1v) is 7.33. The molecule has 0 aromatic heterocycles. The Bertz CT molecular complexity index is 483. The van der Waals surface area contributed by atoms with Gasteiger partial charge in [0.1, 0.15) is 0 Å². The first-order chi connectivity index (χ1) is 8.98. The topological polar surface area (TPSA) is 55.1 Å². The van der Waals surface area contributed by atoms with Gasteiger partial charge in [-0.15, -0.1) is 0 Å². The second-order valence-electron chi connectivity index (χ2n) is 4.73. The van der Waals surface area contributed by atoms with Crippen LogP contribution in [0.25, 0.3) is 0 Å². The van der Waals surface area contributed by atoms with E-state index in [9.17, 15) is 4.79 Å². The van der Waals surface area contributed by atoms with Gasteiger partial charge in [0, 0.05) is 22.4 Å². The van der Waals surface area contributed by atoms with Gasteiger partial charge >= 0.3 is 0 Å². The maximum Gasteiger partial charge on any atom is 0.251 e. The van der Waals surface area contributed by atoms with Gasteiger partial charge in [-0.3, -0.25) is 4.79 Å². The van der Waals surface area contributed by atoms with Gasteiger partial charge in [-0.2, -0.15) is 11.8 Å². The van der Waals surface area contributed by atoms with Crippen molar-refractivity contribution < 1.29 is 4.79 Å². The first-order valence-electron chi connectivity index (χ1n) is 6.11. The summed E-state index contributed by atoms with van der Waals surface area (Å²) in [6.07, 6.45) is 2.04. The number of nitrogens with two attached hydrogens (primary N) is 1. The largest absolute Gasteiger partial charge is 0.351 e. The first kappa shape index (κ1) is 15.6. The predicted octanol–water partition coefficient (Wildman–Crippen LogP) is 1.87. The van der Waals surface area contributed by atoms with Crippen molar-refractivity contribution in [1.29, 1.82) is 0 Å². The van der Waals surface area contributed by atoms with Gasteiger partial charge in [-0.1, -0.05) is 11.8 Å². The fourth-order valence-corrected chi connectivity index (χ4v) is 1.54. The molecule has 0 heterocycles. The monoisotopic (exact) mass is 276 g/mol. The van der Waals surface area contributed by atoms with Crippen LogP contribution in [-0.4, -0.2) is 30.0 Å². The highest BCUT2D eigenvalue weighted by atomic mass is 32.2. The number of carbonyl (C=O) groups is 1. The average molecular weight is 276 g/mol. The smallest absolute Gasteiger partial charge is 0.251 e. The van der Waals surface area contributed by atoms with E-state index < -0.39 is 0 Å². The molecule has 0 aliphatic carbocycles.